The molecule has 1 amide bonds. The Kier molecular flexibility index (Phi) is 5.96. The molecule has 0 bridgehead atoms. The van der Waals surface area contributed by atoms with E-state index in [1.165, 1.54) is 6.42 Å². The van der Waals surface area contributed by atoms with Crippen molar-refractivity contribution in [1.82, 2.24) is 10.3 Å². The molecule has 5 atom stereocenters. The number of hydrogen-bond donors (Lipinski definition) is 1. The summed E-state index contributed by atoms with van der Waals surface area (Å²) in [5.41, 5.74) is 3.15. The van der Waals surface area contributed by atoms with Crippen LogP contribution in [0, 0.1) is 40.4 Å². The fourth-order valence-corrected chi connectivity index (χ4v) is 5.76. The molecule has 0 spiro atoms. The van der Waals surface area contributed by atoms with Crippen LogP contribution >= 0.6 is 0 Å². The molecule has 1 aliphatic carbocycles. The summed E-state index contributed by atoms with van der Waals surface area (Å²) >= 11 is 0. The third kappa shape index (κ3) is 3.90. The molecule has 1 aromatic heterocycles. The zero-order chi connectivity index (χ0) is 22.0. The smallest absolute Gasteiger partial charge is 0.226 e. The van der Waals surface area contributed by atoms with Crippen LogP contribution in [0.5, 0.6) is 0 Å². The molecule has 4 heteroatoms. The number of allylic oxidation sites excluding steroid dienone is 1. The van der Waals surface area contributed by atoms with Gasteiger partial charge >= 0.3 is 0 Å². The van der Waals surface area contributed by atoms with Gasteiger partial charge in [-0.15, -0.1) is 0 Å². The van der Waals surface area contributed by atoms with Crippen LogP contribution in [-0.4, -0.2) is 17.4 Å². The van der Waals surface area contributed by atoms with Crippen molar-refractivity contribution in [2.24, 2.45) is 29.1 Å². The van der Waals surface area contributed by atoms with Crippen molar-refractivity contribution in [2.45, 2.75) is 40.0 Å². The number of fused-ring (bicyclic) bond motifs is 1. The lowest BCUT2D eigenvalue weighted by Crippen LogP contribution is -2.45. The van der Waals surface area contributed by atoms with Crippen LogP contribution in [0.3, 0.4) is 0 Å². The summed E-state index contributed by atoms with van der Waals surface area (Å²) in [5.74, 6) is 2.03. The summed E-state index contributed by atoms with van der Waals surface area (Å²) in [6, 6.07) is 13.9. The van der Waals surface area contributed by atoms with Crippen LogP contribution < -0.4 is 5.32 Å². The Balaban J connectivity index is 1.58. The maximum absolute atomic E-state index is 12.7. The Labute approximate surface area is 185 Å². The molecule has 0 unspecified atom stereocenters. The molecular formula is C27H31N3O. The first-order valence-electron chi connectivity index (χ1n) is 11.4. The van der Waals surface area contributed by atoms with E-state index in [0.717, 1.165) is 36.2 Å². The van der Waals surface area contributed by atoms with E-state index in [1.807, 2.05) is 42.6 Å². The van der Waals surface area contributed by atoms with Gasteiger partial charge < -0.3 is 5.32 Å². The molecule has 2 fully saturated rings. The van der Waals surface area contributed by atoms with Gasteiger partial charge in [0, 0.05) is 23.9 Å². The second-order valence-corrected chi connectivity index (χ2v) is 9.41. The minimum absolute atomic E-state index is 0.225. The number of amides is 1. The number of rotatable bonds is 5. The highest BCUT2D eigenvalue weighted by atomic mass is 16.2. The number of nitriles is 1. The largest absolute Gasteiger partial charge is 0.355 e. The predicted octanol–water partition coefficient (Wildman–Crippen LogP) is 5.46. The van der Waals surface area contributed by atoms with Gasteiger partial charge in [0.15, 0.2) is 0 Å². The van der Waals surface area contributed by atoms with E-state index in [0.29, 0.717) is 29.2 Å². The van der Waals surface area contributed by atoms with Gasteiger partial charge in [-0.05, 0) is 48.3 Å². The van der Waals surface area contributed by atoms with Gasteiger partial charge in [0.25, 0.3) is 0 Å². The lowest BCUT2D eigenvalue weighted by molar-refractivity contribution is -0.132. The molecule has 2 aliphatic rings. The first kappa shape index (κ1) is 21.3. The third-order valence-electron chi connectivity index (χ3n) is 7.61. The van der Waals surface area contributed by atoms with Crippen LogP contribution in [0.25, 0.3) is 17.2 Å². The quantitative estimate of drug-likeness (QED) is 0.708. The second-order valence-electron chi connectivity index (χ2n) is 9.41. The number of hydrogen-bond acceptors (Lipinski definition) is 3. The molecule has 0 radical (unpaired) electrons. The summed E-state index contributed by atoms with van der Waals surface area (Å²) in [5, 5.41) is 12.5. The van der Waals surface area contributed by atoms with Crippen molar-refractivity contribution in [3.8, 4) is 17.2 Å². The van der Waals surface area contributed by atoms with Crippen LogP contribution in [0.1, 0.15) is 51.3 Å². The van der Waals surface area contributed by atoms with Crippen LogP contribution in [0.15, 0.2) is 48.7 Å². The molecule has 1 saturated heterocycles. The summed E-state index contributed by atoms with van der Waals surface area (Å²) in [6.45, 7) is 7.52. The minimum Gasteiger partial charge on any atom is -0.355 e. The first-order valence-corrected chi connectivity index (χ1v) is 11.4. The molecule has 160 valence electrons. The van der Waals surface area contributed by atoms with Crippen molar-refractivity contribution in [1.29, 1.82) is 5.26 Å². The van der Waals surface area contributed by atoms with Crippen molar-refractivity contribution in [2.75, 3.05) is 6.54 Å². The Hall–Kier alpha value is -2.93. The molecule has 2 aromatic rings. The Bertz CT molecular complexity index is 1020. The fraction of sp³-hybridized carbons (Fsp3) is 0.444. The van der Waals surface area contributed by atoms with Crippen LogP contribution in [0.4, 0.5) is 0 Å². The van der Waals surface area contributed by atoms with Gasteiger partial charge in [-0.2, -0.15) is 5.26 Å². The van der Waals surface area contributed by atoms with Crippen LogP contribution in [0.2, 0.25) is 0 Å². The van der Waals surface area contributed by atoms with E-state index >= 15 is 0 Å². The maximum Gasteiger partial charge on any atom is 0.226 e. The highest BCUT2D eigenvalue weighted by Crippen LogP contribution is 2.53. The van der Waals surface area contributed by atoms with Gasteiger partial charge in [0.05, 0.1) is 22.7 Å². The molecule has 1 aromatic carbocycles. The van der Waals surface area contributed by atoms with E-state index < -0.39 is 0 Å². The monoisotopic (exact) mass is 413 g/mol. The van der Waals surface area contributed by atoms with Gasteiger partial charge in [0.2, 0.25) is 5.91 Å². The van der Waals surface area contributed by atoms with Crippen molar-refractivity contribution < 1.29 is 4.79 Å². The SMILES string of the molecule is CCC[C@@H]1C[C@@]2(C)C(=O)NC[C@H]2[C@@H](/C=C/c2ccc(-c3ccccc3C#N)cn2)[C@@H]1C. The number of pyridine rings is 1. The van der Waals surface area contributed by atoms with Crippen LogP contribution in [-0.2, 0) is 4.79 Å². The molecule has 31 heavy (non-hydrogen) atoms. The number of carbonyl (C=O) groups is 1. The summed E-state index contributed by atoms with van der Waals surface area (Å²) in [4.78, 5) is 17.3. The van der Waals surface area contributed by atoms with Gasteiger partial charge in [-0.3, -0.25) is 9.78 Å². The van der Waals surface area contributed by atoms with Gasteiger partial charge in [-0.1, -0.05) is 64.0 Å². The summed E-state index contributed by atoms with van der Waals surface area (Å²) in [6.07, 6.45) is 9.56. The highest BCUT2D eigenvalue weighted by Gasteiger charge is 2.55. The molecule has 1 aliphatic heterocycles. The molecule has 1 N–H and O–H groups in total. The number of nitrogens with zero attached hydrogens (tertiary/aromatic N) is 2. The lowest BCUT2D eigenvalue weighted by atomic mass is 9.56. The molecular weight excluding hydrogens is 382 g/mol. The van der Waals surface area contributed by atoms with E-state index in [-0.39, 0.29) is 11.3 Å². The van der Waals surface area contributed by atoms with E-state index in [9.17, 15) is 10.1 Å². The Morgan fingerprint density at radius 2 is 2.10 bits per heavy atom. The van der Waals surface area contributed by atoms with E-state index in [2.05, 4.69) is 49.3 Å². The van der Waals surface area contributed by atoms with Crippen molar-refractivity contribution in [3.05, 3.63) is 59.9 Å². The second kappa shape index (κ2) is 8.67. The number of aromatic nitrogens is 1. The third-order valence-corrected chi connectivity index (χ3v) is 7.61. The summed E-state index contributed by atoms with van der Waals surface area (Å²) < 4.78 is 0. The van der Waals surface area contributed by atoms with Crippen molar-refractivity contribution in [3.63, 3.8) is 0 Å². The zero-order valence-electron chi connectivity index (χ0n) is 18.6. The van der Waals surface area contributed by atoms with Crippen molar-refractivity contribution >= 4 is 12.0 Å². The minimum atomic E-state index is -0.264. The standard InChI is InChI=1S/C27H31N3O/c1-4-7-19-14-27(3)25(17-30-26(27)31)23(18(19)2)13-12-22-11-10-21(16-29-22)24-9-6-5-8-20(24)15-28/h5-6,8-13,16,18-19,23,25H,4,7,14,17H2,1-3H3,(H,30,31)/b13-12+/t18-,19-,23+,25+,27-/m1/s1. The molecule has 4 rings (SSSR count). The fourth-order valence-electron chi connectivity index (χ4n) is 5.76. The average molecular weight is 414 g/mol. The molecule has 1 saturated carbocycles. The topological polar surface area (TPSA) is 65.8 Å². The Morgan fingerprint density at radius 3 is 2.81 bits per heavy atom. The highest BCUT2D eigenvalue weighted by molar-refractivity contribution is 5.85. The first-order chi connectivity index (χ1) is 15.0. The number of nitrogens with one attached hydrogen (secondary N) is 1. The number of benzene rings is 1. The average Bonchev–Trinajstić information content (AvgIpc) is 3.08. The van der Waals surface area contributed by atoms with Gasteiger partial charge in [-0.25, -0.2) is 0 Å². The molecule has 4 nitrogen and oxygen atoms in total. The zero-order valence-corrected chi connectivity index (χ0v) is 18.6. The van der Waals surface area contributed by atoms with E-state index in [4.69, 9.17) is 0 Å². The number of carbonyl (C=O) groups excluding carboxylic acids is 1. The Morgan fingerprint density at radius 1 is 1.29 bits per heavy atom. The molecule has 2 heterocycles. The van der Waals surface area contributed by atoms with Gasteiger partial charge in [0.1, 0.15) is 0 Å². The lowest BCUT2D eigenvalue weighted by Gasteiger charge is -2.46. The predicted molar refractivity (Wildman–Crippen MR) is 124 cm³/mol. The van der Waals surface area contributed by atoms with E-state index in [1.54, 1.807) is 0 Å². The maximum atomic E-state index is 12.7. The summed E-state index contributed by atoms with van der Waals surface area (Å²) in [7, 11) is 0. The normalized spacial score (nSPS) is 30.1.